The quantitative estimate of drug-likeness (QED) is 0.363. The normalized spacial score (nSPS) is 21.3. The second-order valence-corrected chi connectivity index (χ2v) is 14.2. The number of piperidine rings is 1. The molecule has 1 atom stereocenters. The molecule has 6 rings (SSSR count). The van der Waals surface area contributed by atoms with Gasteiger partial charge in [-0.1, -0.05) is 61.4 Å². The van der Waals surface area contributed by atoms with Crippen molar-refractivity contribution in [1.82, 2.24) is 4.90 Å². The molecule has 3 aromatic rings. The lowest BCUT2D eigenvalue weighted by Gasteiger charge is -2.50. The summed E-state index contributed by atoms with van der Waals surface area (Å²) in [5.41, 5.74) is 9.38. The Hall–Kier alpha value is -2.67. The Morgan fingerprint density at radius 1 is 0.725 bits per heavy atom. The molecule has 2 N–H and O–H groups in total. The van der Waals surface area contributed by atoms with Gasteiger partial charge < -0.3 is 15.5 Å². The third-order valence-corrected chi connectivity index (χ3v) is 11.9. The van der Waals surface area contributed by atoms with Crippen molar-refractivity contribution in [2.75, 3.05) is 44.2 Å². The van der Waals surface area contributed by atoms with Gasteiger partial charge in [-0.25, -0.2) is 8.42 Å². The van der Waals surface area contributed by atoms with Crippen molar-refractivity contribution in [2.45, 2.75) is 53.7 Å². The third kappa shape index (κ3) is 5.22. The van der Waals surface area contributed by atoms with E-state index in [1.165, 1.54) is 44.1 Å². The molecule has 2 aliphatic heterocycles. The molecule has 6 heteroatoms. The van der Waals surface area contributed by atoms with E-state index in [9.17, 15) is 8.42 Å². The number of nitrogens with two attached hydrogens (primary N) is 1. The van der Waals surface area contributed by atoms with E-state index in [2.05, 4.69) is 40.1 Å². The van der Waals surface area contributed by atoms with Gasteiger partial charge in [0, 0.05) is 43.2 Å². The molecule has 1 aliphatic carbocycles. The van der Waals surface area contributed by atoms with Crippen LogP contribution in [0.5, 0.6) is 0 Å². The van der Waals surface area contributed by atoms with Crippen molar-refractivity contribution in [3.8, 4) is 0 Å². The van der Waals surface area contributed by atoms with E-state index in [-0.39, 0.29) is 5.41 Å². The first kappa shape index (κ1) is 27.5. The van der Waals surface area contributed by atoms with Gasteiger partial charge in [0.25, 0.3) is 0 Å². The smallest absolute Gasteiger partial charge is 0.206 e. The molecule has 3 aromatic carbocycles. The summed E-state index contributed by atoms with van der Waals surface area (Å²) < 4.78 is 25.8. The van der Waals surface area contributed by atoms with Crippen LogP contribution in [0.1, 0.15) is 44.1 Å². The first-order valence-corrected chi connectivity index (χ1v) is 16.6. The number of nitrogens with zero attached hydrogens (tertiary/aromatic N) is 2. The number of likely N-dealkylation sites (tertiary alicyclic amines) is 1. The lowest BCUT2D eigenvalue weighted by molar-refractivity contribution is 0.0804. The maximum Gasteiger partial charge on any atom is 0.206 e. The van der Waals surface area contributed by atoms with Gasteiger partial charge in [0.1, 0.15) is 0 Å². The van der Waals surface area contributed by atoms with Crippen LogP contribution in [0.15, 0.2) is 94.7 Å². The van der Waals surface area contributed by atoms with Crippen LogP contribution in [0.25, 0.3) is 0 Å². The average Bonchev–Trinajstić information content (AvgIpc) is 3.53. The molecule has 212 valence electrons. The van der Waals surface area contributed by atoms with E-state index in [0.29, 0.717) is 27.5 Å². The zero-order valence-electron chi connectivity index (χ0n) is 23.5. The maximum atomic E-state index is 12.9. The van der Waals surface area contributed by atoms with Gasteiger partial charge in [-0.05, 0) is 92.6 Å². The van der Waals surface area contributed by atoms with Gasteiger partial charge in [-0.15, -0.1) is 0 Å². The first-order chi connectivity index (χ1) is 19.5. The lowest BCUT2D eigenvalue weighted by atomic mass is 9.59. The number of hydrogen-bond donors (Lipinski definition) is 1. The average molecular weight is 558 g/mol. The molecule has 1 saturated carbocycles. The molecular formula is C34H43N3O2S. The molecule has 0 radical (unpaired) electrons. The maximum absolute atomic E-state index is 12.9. The van der Waals surface area contributed by atoms with Crippen molar-refractivity contribution in [2.24, 2.45) is 23.5 Å². The minimum Gasteiger partial charge on any atom is -0.371 e. The van der Waals surface area contributed by atoms with Crippen LogP contribution in [-0.4, -0.2) is 52.6 Å². The molecule has 0 amide bonds. The van der Waals surface area contributed by atoms with Crippen LogP contribution in [-0.2, 0) is 15.3 Å². The van der Waals surface area contributed by atoms with Crippen molar-refractivity contribution in [3.05, 3.63) is 90.5 Å². The van der Waals surface area contributed by atoms with E-state index in [4.69, 9.17) is 5.73 Å². The summed E-state index contributed by atoms with van der Waals surface area (Å²) in [7, 11) is -3.47. The highest BCUT2D eigenvalue weighted by Gasteiger charge is 2.47. The Kier molecular flexibility index (Phi) is 8.02. The number of benzene rings is 3. The van der Waals surface area contributed by atoms with Crippen LogP contribution in [0.4, 0.5) is 5.69 Å². The summed E-state index contributed by atoms with van der Waals surface area (Å²) in [6.45, 7) is 6.29. The highest BCUT2D eigenvalue weighted by Crippen LogP contribution is 2.49. The molecule has 0 aromatic heterocycles. The largest absolute Gasteiger partial charge is 0.371 e. The molecule has 5 nitrogen and oxygen atoms in total. The van der Waals surface area contributed by atoms with Crippen LogP contribution in [0.3, 0.4) is 0 Å². The van der Waals surface area contributed by atoms with Crippen LogP contribution >= 0.6 is 0 Å². The minimum absolute atomic E-state index is 0.122. The van der Waals surface area contributed by atoms with E-state index in [1.807, 2.05) is 18.2 Å². The summed E-state index contributed by atoms with van der Waals surface area (Å²) >= 11 is 0. The predicted molar refractivity (Wildman–Crippen MR) is 162 cm³/mol. The molecule has 2 saturated heterocycles. The Morgan fingerprint density at radius 3 is 1.88 bits per heavy atom. The number of sulfone groups is 1. The fourth-order valence-electron chi connectivity index (χ4n) is 7.91. The fourth-order valence-corrected chi connectivity index (χ4v) is 9.19. The van der Waals surface area contributed by atoms with Crippen molar-refractivity contribution in [1.29, 1.82) is 0 Å². The van der Waals surface area contributed by atoms with Gasteiger partial charge in [-0.2, -0.15) is 0 Å². The summed E-state index contributed by atoms with van der Waals surface area (Å²) in [6, 6.07) is 27.3. The molecule has 0 bridgehead atoms. The zero-order chi connectivity index (χ0) is 27.6. The van der Waals surface area contributed by atoms with Gasteiger partial charge in [0.15, 0.2) is 0 Å². The molecule has 1 unspecified atom stereocenters. The van der Waals surface area contributed by atoms with Gasteiger partial charge >= 0.3 is 0 Å². The molecule has 3 aliphatic rings. The molecule has 3 fully saturated rings. The van der Waals surface area contributed by atoms with Crippen molar-refractivity contribution in [3.63, 3.8) is 0 Å². The lowest BCUT2D eigenvalue weighted by Crippen LogP contribution is -2.55. The SMILES string of the molecule is NCC(c1ccccc1)(C1CCCC1)C1CCN(CC2CN(c3ccc(S(=O)(=O)c4ccccc4)cc3)C2)CC1. The summed E-state index contributed by atoms with van der Waals surface area (Å²) in [6.07, 6.45) is 7.81. The topological polar surface area (TPSA) is 66.6 Å². The minimum atomic E-state index is -3.47. The Labute approximate surface area is 240 Å². The van der Waals surface area contributed by atoms with E-state index in [0.717, 1.165) is 45.0 Å². The van der Waals surface area contributed by atoms with Crippen LogP contribution in [0.2, 0.25) is 0 Å². The number of hydrogen-bond acceptors (Lipinski definition) is 5. The van der Waals surface area contributed by atoms with Gasteiger partial charge in [-0.3, -0.25) is 0 Å². The molecule has 40 heavy (non-hydrogen) atoms. The van der Waals surface area contributed by atoms with Crippen molar-refractivity contribution < 1.29 is 8.42 Å². The summed E-state index contributed by atoms with van der Waals surface area (Å²) in [4.78, 5) is 5.73. The third-order valence-electron chi connectivity index (χ3n) is 10.1. The van der Waals surface area contributed by atoms with E-state index >= 15 is 0 Å². The standard InChI is InChI=1S/C34H43N3O2S/c35-26-34(29-11-7-8-12-29,28-9-3-1-4-10-28)30-19-21-36(22-20-30)23-27-24-37(25-27)31-15-17-33(18-16-31)40(38,39)32-13-5-2-6-14-32/h1-6,9-10,13-18,27,29-30H,7-8,11-12,19-26,35H2. The number of anilines is 1. The second kappa shape index (κ2) is 11.7. The fraction of sp³-hybridized carbons (Fsp3) is 0.471. The summed E-state index contributed by atoms with van der Waals surface area (Å²) in [5.74, 6) is 2.03. The predicted octanol–water partition coefficient (Wildman–Crippen LogP) is 5.75. The van der Waals surface area contributed by atoms with Crippen LogP contribution < -0.4 is 10.6 Å². The van der Waals surface area contributed by atoms with E-state index in [1.54, 1.807) is 36.4 Å². The molecular weight excluding hydrogens is 514 g/mol. The van der Waals surface area contributed by atoms with Gasteiger partial charge in [0.2, 0.25) is 9.84 Å². The highest BCUT2D eigenvalue weighted by molar-refractivity contribution is 7.91. The Bertz CT molecular complexity index is 1340. The first-order valence-electron chi connectivity index (χ1n) is 15.1. The zero-order valence-corrected chi connectivity index (χ0v) is 24.3. The summed E-state index contributed by atoms with van der Waals surface area (Å²) in [5, 5.41) is 0. The monoisotopic (exact) mass is 557 g/mol. The van der Waals surface area contributed by atoms with Crippen molar-refractivity contribution >= 4 is 15.5 Å². The Morgan fingerprint density at radius 2 is 1.27 bits per heavy atom. The molecule has 2 heterocycles. The second-order valence-electron chi connectivity index (χ2n) is 12.2. The van der Waals surface area contributed by atoms with Gasteiger partial charge in [0.05, 0.1) is 9.79 Å². The molecule has 0 spiro atoms. The van der Waals surface area contributed by atoms with Crippen LogP contribution in [0, 0.1) is 17.8 Å². The number of rotatable bonds is 9. The highest BCUT2D eigenvalue weighted by atomic mass is 32.2. The van der Waals surface area contributed by atoms with E-state index < -0.39 is 9.84 Å². The Balaban J connectivity index is 1.03.